The van der Waals surface area contributed by atoms with Gasteiger partial charge in [-0.1, -0.05) is 0 Å². The van der Waals surface area contributed by atoms with E-state index in [0.29, 0.717) is 17.9 Å². The maximum absolute atomic E-state index is 11.8. The first-order valence-corrected chi connectivity index (χ1v) is 5.99. The quantitative estimate of drug-likeness (QED) is 0.738. The molecular weight excluding hydrogens is 228 g/mol. The Morgan fingerprint density at radius 2 is 2.00 bits per heavy atom. The van der Waals surface area contributed by atoms with Gasteiger partial charge in [-0.15, -0.1) is 12.4 Å². The molecule has 4 nitrogen and oxygen atoms in total. The first-order chi connectivity index (χ1) is 7.36. The highest BCUT2D eigenvalue weighted by atomic mass is 35.5. The molecule has 0 spiro atoms. The number of hydrogen-bond donors (Lipinski definition) is 2. The summed E-state index contributed by atoms with van der Waals surface area (Å²) in [6.45, 7) is 2.89. The van der Waals surface area contributed by atoms with Gasteiger partial charge in [-0.3, -0.25) is 4.79 Å². The van der Waals surface area contributed by atoms with Crippen LogP contribution in [0.25, 0.3) is 0 Å². The normalized spacial score (nSPS) is 40.8. The number of ether oxygens (including phenoxy) is 1. The van der Waals surface area contributed by atoms with Crippen molar-refractivity contribution in [3.05, 3.63) is 0 Å². The molecule has 1 saturated carbocycles. The molecule has 3 fully saturated rings. The van der Waals surface area contributed by atoms with Crippen LogP contribution in [-0.2, 0) is 9.53 Å². The molecule has 2 saturated heterocycles. The fourth-order valence-electron chi connectivity index (χ4n) is 2.84. The van der Waals surface area contributed by atoms with E-state index in [1.165, 1.54) is 0 Å². The first-order valence-electron chi connectivity index (χ1n) is 5.99. The topological polar surface area (TPSA) is 50.4 Å². The zero-order chi connectivity index (χ0) is 10.3. The zero-order valence-electron chi connectivity index (χ0n) is 9.28. The van der Waals surface area contributed by atoms with E-state index in [4.69, 9.17) is 4.74 Å². The molecule has 2 heterocycles. The minimum Gasteiger partial charge on any atom is -0.368 e. The van der Waals surface area contributed by atoms with Gasteiger partial charge >= 0.3 is 0 Å². The highest BCUT2D eigenvalue weighted by molar-refractivity contribution is 5.85. The number of fused-ring (bicyclic) bond motifs is 1. The second kappa shape index (κ2) is 4.90. The summed E-state index contributed by atoms with van der Waals surface area (Å²) in [5.41, 5.74) is 0. The molecule has 5 heteroatoms. The van der Waals surface area contributed by atoms with Gasteiger partial charge in [0.2, 0.25) is 5.91 Å². The minimum atomic E-state index is -0.173. The highest BCUT2D eigenvalue weighted by Crippen LogP contribution is 2.41. The van der Waals surface area contributed by atoms with Crippen LogP contribution in [0.15, 0.2) is 0 Å². The molecule has 92 valence electrons. The highest BCUT2D eigenvalue weighted by Gasteiger charge is 2.53. The Bertz CT molecular complexity index is 259. The third kappa shape index (κ3) is 2.19. The predicted octanol–water partition coefficient (Wildman–Crippen LogP) is 0.311. The molecule has 0 aromatic rings. The number of hydrogen-bond acceptors (Lipinski definition) is 3. The Hall–Kier alpha value is -0.320. The summed E-state index contributed by atoms with van der Waals surface area (Å²) in [6.07, 6.45) is 2.94. The fraction of sp³-hybridized carbons (Fsp3) is 0.909. The Morgan fingerprint density at radius 3 is 2.62 bits per heavy atom. The number of piperidine rings is 1. The van der Waals surface area contributed by atoms with Gasteiger partial charge in [-0.2, -0.15) is 0 Å². The van der Waals surface area contributed by atoms with E-state index in [0.717, 1.165) is 39.0 Å². The third-order valence-electron chi connectivity index (χ3n) is 3.87. The van der Waals surface area contributed by atoms with E-state index in [1.54, 1.807) is 0 Å². The Balaban J connectivity index is 0.000000963. The Labute approximate surface area is 102 Å². The average molecular weight is 247 g/mol. The van der Waals surface area contributed by atoms with Crippen LogP contribution in [0.4, 0.5) is 0 Å². The maximum Gasteiger partial charge on any atom is 0.249 e. The van der Waals surface area contributed by atoms with Crippen LogP contribution < -0.4 is 10.6 Å². The van der Waals surface area contributed by atoms with Crippen molar-refractivity contribution >= 4 is 18.3 Å². The predicted molar refractivity (Wildman–Crippen MR) is 62.6 cm³/mol. The summed E-state index contributed by atoms with van der Waals surface area (Å²) in [4.78, 5) is 11.8. The molecule has 3 atom stereocenters. The summed E-state index contributed by atoms with van der Waals surface area (Å²) in [6, 6.07) is 0.435. The second-order valence-electron chi connectivity index (χ2n) is 4.88. The van der Waals surface area contributed by atoms with Gasteiger partial charge in [-0.05, 0) is 31.1 Å². The second-order valence-corrected chi connectivity index (χ2v) is 4.88. The Kier molecular flexibility index (Phi) is 3.72. The smallest absolute Gasteiger partial charge is 0.249 e. The molecular formula is C11H19ClN2O2. The minimum absolute atomic E-state index is 0. The van der Waals surface area contributed by atoms with Crippen molar-refractivity contribution < 1.29 is 9.53 Å². The summed E-state index contributed by atoms with van der Waals surface area (Å²) in [5.74, 6) is 1.50. The number of carbonyl (C=O) groups excluding carboxylic acids is 1. The molecule has 2 aliphatic heterocycles. The summed E-state index contributed by atoms with van der Waals surface area (Å²) in [5, 5.41) is 6.44. The van der Waals surface area contributed by atoms with Crippen molar-refractivity contribution in [2.45, 2.75) is 31.4 Å². The summed E-state index contributed by atoms with van der Waals surface area (Å²) < 4.78 is 5.46. The first kappa shape index (κ1) is 12.1. The van der Waals surface area contributed by atoms with Gasteiger partial charge in [-0.25, -0.2) is 0 Å². The molecule has 0 aromatic carbocycles. The molecule has 1 amide bonds. The molecule has 0 aromatic heterocycles. The molecule has 3 aliphatic rings. The average Bonchev–Trinajstić information content (AvgIpc) is 2.75. The van der Waals surface area contributed by atoms with Crippen molar-refractivity contribution in [3.63, 3.8) is 0 Å². The number of rotatable bonds is 2. The van der Waals surface area contributed by atoms with Crippen LogP contribution in [0.1, 0.15) is 19.3 Å². The summed E-state index contributed by atoms with van der Waals surface area (Å²) in [7, 11) is 0. The maximum atomic E-state index is 11.8. The van der Waals surface area contributed by atoms with Gasteiger partial charge in [0.1, 0.15) is 6.10 Å². The van der Waals surface area contributed by atoms with Gasteiger partial charge in [0, 0.05) is 25.7 Å². The van der Waals surface area contributed by atoms with E-state index in [-0.39, 0.29) is 24.4 Å². The van der Waals surface area contributed by atoms with Crippen LogP contribution in [0.3, 0.4) is 0 Å². The fourth-order valence-corrected chi connectivity index (χ4v) is 2.84. The Morgan fingerprint density at radius 1 is 1.25 bits per heavy atom. The van der Waals surface area contributed by atoms with Crippen molar-refractivity contribution in [1.29, 1.82) is 0 Å². The molecule has 0 bridgehead atoms. The lowest BCUT2D eigenvalue weighted by molar-refractivity contribution is -0.135. The van der Waals surface area contributed by atoms with Gasteiger partial charge in [0.15, 0.2) is 0 Å². The van der Waals surface area contributed by atoms with Crippen LogP contribution in [0.2, 0.25) is 0 Å². The van der Waals surface area contributed by atoms with Gasteiger partial charge < -0.3 is 15.4 Å². The summed E-state index contributed by atoms with van der Waals surface area (Å²) >= 11 is 0. The number of halogens is 1. The number of carbonyl (C=O) groups is 1. The van der Waals surface area contributed by atoms with Crippen LogP contribution >= 0.6 is 12.4 Å². The molecule has 0 radical (unpaired) electrons. The van der Waals surface area contributed by atoms with E-state index in [9.17, 15) is 4.79 Å². The van der Waals surface area contributed by atoms with Crippen molar-refractivity contribution in [1.82, 2.24) is 10.6 Å². The number of amides is 1. The monoisotopic (exact) mass is 246 g/mol. The lowest BCUT2D eigenvalue weighted by Gasteiger charge is -2.22. The number of nitrogens with one attached hydrogen (secondary N) is 2. The van der Waals surface area contributed by atoms with E-state index in [1.807, 2.05) is 0 Å². The molecule has 16 heavy (non-hydrogen) atoms. The lowest BCUT2D eigenvalue weighted by Crippen LogP contribution is -2.41. The largest absolute Gasteiger partial charge is 0.368 e. The molecule has 3 rings (SSSR count). The van der Waals surface area contributed by atoms with Crippen LogP contribution in [0, 0.1) is 11.8 Å². The molecule has 3 unspecified atom stereocenters. The van der Waals surface area contributed by atoms with Crippen LogP contribution in [0.5, 0.6) is 0 Å². The van der Waals surface area contributed by atoms with E-state index < -0.39 is 0 Å². The standard InChI is InChI=1S/C11H18N2O2.ClH/c14-11(9-3-1-2-4-15-9)13-10-7-5-12-6-8(7)10;/h7-10,12H,1-6H2,(H,13,14);1H. The van der Waals surface area contributed by atoms with E-state index >= 15 is 0 Å². The third-order valence-corrected chi connectivity index (χ3v) is 3.87. The van der Waals surface area contributed by atoms with E-state index in [2.05, 4.69) is 10.6 Å². The van der Waals surface area contributed by atoms with Gasteiger partial charge in [0.25, 0.3) is 0 Å². The molecule has 1 aliphatic carbocycles. The van der Waals surface area contributed by atoms with Crippen LogP contribution in [-0.4, -0.2) is 37.7 Å². The van der Waals surface area contributed by atoms with Crippen molar-refractivity contribution in [2.75, 3.05) is 19.7 Å². The van der Waals surface area contributed by atoms with Gasteiger partial charge in [0.05, 0.1) is 0 Å². The zero-order valence-corrected chi connectivity index (χ0v) is 10.1. The van der Waals surface area contributed by atoms with Crippen molar-refractivity contribution in [3.8, 4) is 0 Å². The van der Waals surface area contributed by atoms with Crippen molar-refractivity contribution in [2.24, 2.45) is 11.8 Å². The lowest BCUT2D eigenvalue weighted by atomic mass is 10.1. The SMILES string of the molecule is Cl.O=C(NC1C2CNCC21)C1CCCCO1. The molecule has 2 N–H and O–H groups in total.